The first-order valence-electron chi connectivity index (χ1n) is 4.11. The van der Waals surface area contributed by atoms with Crippen LogP contribution in [0, 0.1) is 0 Å². The Morgan fingerprint density at radius 2 is 1.92 bits per heavy atom. The van der Waals surface area contributed by atoms with Gasteiger partial charge in [-0.25, -0.2) is 4.79 Å². The van der Waals surface area contributed by atoms with E-state index in [9.17, 15) is 9.59 Å². The van der Waals surface area contributed by atoms with E-state index in [0.717, 1.165) is 0 Å². The average molecular weight is 188 g/mol. The lowest BCUT2D eigenvalue weighted by atomic mass is 10.0. The van der Waals surface area contributed by atoms with Gasteiger partial charge in [0.05, 0.1) is 6.61 Å². The molecule has 0 aromatic carbocycles. The lowest BCUT2D eigenvalue weighted by molar-refractivity contribution is -0.154. The van der Waals surface area contributed by atoms with E-state index in [1.54, 1.807) is 6.92 Å². The zero-order valence-electron chi connectivity index (χ0n) is 8.43. The van der Waals surface area contributed by atoms with Crippen molar-refractivity contribution >= 4 is 11.9 Å². The molecule has 76 valence electrons. The van der Waals surface area contributed by atoms with Crippen LogP contribution >= 0.6 is 0 Å². The van der Waals surface area contributed by atoms with Crippen LogP contribution in [0.1, 0.15) is 13.8 Å². The minimum absolute atomic E-state index is 0.257. The fourth-order valence-corrected chi connectivity index (χ4v) is 0.834. The van der Waals surface area contributed by atoms with E-state index in [1.165, 1.54) is 21.0 Å². The first-order valence-corrected chi connectivity index (χ1v) is 4.11. The Bertz CT molecular complexity index is 206. The SMILES string of the molecule is CCOC(=O)C(C)(NC)C(=O)NC. The minimum atomic E-state index is -1.30. The maximum atomic E-state index is 11.4. The van der Waals surface area contributed by atoms with Crippen LogP contribution in [0.3, 0.4) is 0 Å². The van der Waals surface area contributed by atoms with E-state index in [0.29, 0.717) is 0 Å². The predicted octanol–water partition coefficient (Wildman–Crippen LogP) is -0.726. The Kier molecular flexibility index (Phi) is 4.40. The molecule has 0 fully saturated rings. The quantitative estimate of drug-likeness (QED) is 0.451. The molecular weight excluding hydrogens is 172 g/mol. The largest absolute Gasteiger partial charge is 0.464 e. The molecular formula is C8H16N2O3. The lowest BCUT2D eigenvalue weighted by Crippen LogP contribution is -2.58. The molecule has 2 N–H and O–H groups in total. The van der Waals surface area contributed by atoms with E-state index in [4.69, 9.17) is 4.74 Å². The number of hydrogen-bond acceptors (Lipinski definition) is 4. The first-order chi connectivity index (χ1) is 6.02. The maximum absolute atomic E-state index is 11.4. The second-order valence-corrected chi connectivity index (χ2v) is 2.67. The summed E-state index contributed by atoms with van der Waals surface area (Å²) in [5.41, 5.74) is -1.30. The van der Waals surface area contributed by atoms with Gasteiger partial charge >= 0.3 is 5.97 Å². The van der Waals surface area contributed by atoms with Crippen LogP contribution in [0.15, 0.2) is 0 Å². The molecule has 1 atom stereocenters. The van der Waals surface area contributed by atoms with Crippen LogP contribution < -0.4 is 10.6 Å². The van der Waals surface area contributed by atoms with Crippen LogP contribution in [0.4, 0.5) is 0 Å². The van der Waals surface area contributed by atoms with Gasteiger partial charge in [0.2, 0.25) is 0 Å². The van der Waals surface area contributed by atoms with Gasteiger partial charge in [0.1, 0.15) is 0 Å². The number of amides is 1. The van der Waals surface area contributed by atoms with Gasteiger partial charge in [-0.15, -0.1) is 0 Å². The first kappa shape index (κ1) is 11.9. The molecule has 0 aliphatic rings. The molecule has 5 heteroatoms. The number of ether oxygens (including phenoxy) is 1. The van der Waals surface area contributed by atoms with Crippen LogP contribution in [0.25, 0.3) is 0 Å². The van der Waals surface area contributed by atoms with E-state index >= 15 is 0 Å². The predicted molar refractivity (Wildman–Crippen MR) is 48.2 cm³/mol. The van der Waals surface area contributed by atoms with Crippen LogP contribution in [0.5, 0.6) is 0 Å². The highest BCUT2D eigenvalue weighted by molar-refractivity contribution is 6.06. The normalized spacial score (nSPS) is 14.5. The highest BCUT2D eigenvalue weighted by Gasteiger charge is 2.40. The fourth-order valence-electron chi connectivity index (χ4n) is 0.834. The monoisotopic (exact) mass is 188 g/mol. The molecule has 0 aromatic heterocycles. The summed E-state index contributed by atoms with van der Waals surface area (Å²) in [6.07, 6.45) is 0. The van der Waals surface area contributed by atoms with Gasteiger partial charge in [-0.2, -0.15) is 0 Å². The highest BCUT2D eigenvalue weighted by atomic mass is 16.5. The van der Waals surface area contributed by atoms with Crippen molar-refractivity contribution in [3.8, 4) is 0 Å². The van der Waals surface area contributed by atoms with E-state index < -0.39 is 17.4 Å². The van der Waals surface area contributed by atoms with Crippen LogP contribution in [-0.2, 0) is 14.3 Å². The van der Waals surface area contributed by atoms with E-state index in [2.05, 4.69) is 10.6 Å². The Morgan fingerprint density at radius 1 is 1.38 bits per heavy atom. The van der Waals surface area contributed by atoms with E-state index in [1.807, 2.05) is 0 Å². The summed E-state index contributed by atoms with van der Waals surface area (Å²) in [7, 11) is 3.00. The third-order valence-corrected chi connectivity index (χ3v) is 1.86. The van der Waals surface area contributed by atoms with Gasteiger partial charge in [-0.05, 0) is 20.9 Å². The number of likely N-dealkylation sites (N-methyl/N-ethyl adjacent to an activating group) is 2. The number of rotatable bonds is 4. The van der Waals surface area contributed by atoms with Crippen molar-refractivity contribution in [1.29, 1.82) is 0 Å². The van der Waals surface area contributed by atoms with Gasteiger partial charge in [0, 0.05) is 7.05 Å². The van der Waals surface area contributed by atoms with E-state index in [-0.39, 0.29) is 6.61 Å². The van der Waals surface area contributed by atoms with Gasteiger partial charge in [0.25, 0.3) is 5.91 Å². The maximum Gasteiger partial charge on any atom is 0.335 e. The Labute approximate surface area is 77.8 Å². The summed E-state index contributed by atoms with van der Waals surface area (Å²) >= 11 is 0. The van der Waals surface area contributed by atoms with Crippen molar-refractivity contribution in [2.75, 3.05) is 20.7 Å². The molecule has 0 spiro atoms. The van der Waals surface area contributed by atoms with Gasteiger partial charge in [-0.3, -0.25) is 10.1 Å². The second-order valence-electron chi connectivity index (χ2n) is 2.67. The van der Waals surface area contributed by atoms with Crippen molar-refractivity contribution in [2.24, 2.45) is 0 Å². The molecule has 0 aromatic rings. The average Bonchev–Trinajstić information content (AvgIpc) is 2.15. The summed E-state index contributed by atoms with van der Waals surface area (Å²) in [5, 5.41) is 5.02. The Balaban J connectivity index is 4.61. The third kappa shape index (κ3) is 2.42. The molecule has 0 aliphatic heterocycles. The molecule has 0 bridgehead atoms. The molecule has 0 heterocycles. The van der Waals surface area contributed by atoms with Crippen molar-refractivity contribution in [2.45, 2.75) is 19.4 Å². The standard InChI is InChI=1S/C8H16N2O3/c1-5-13-7(12)8(2,10-4)6(11)9-3/h10H,5H2,1-4H3,(H,9,11). The van der Waals surface area contributed by atoms with Crippen LogP contribution in [0.2, 0.25) is 0 Å². The molecule has 0 saturated heterocycles. The molecule has 1 amide bonds. The van der Waals surface area contributed by atoms with Gasteiger partial charge in [0.15, 0.2) is 5.54 Å². The van der Waals surface area contributed by atoms with Gasteiger partial charge < -0.3 is 10.1 Å². The van der Waals surface area contributed by atoms with Crippen molar-refractivity contribution in [3.63, 3.8) is 0 Å². The molecule has 0 saturated carbocycles. The third-order valence-electron chi connectivity index (χ3n) is 1.86. The smallest absolute Gasteiger partial charge is 0.335 e. The highest BCUT2D eigenvalue weighted by Crippen LogP contribution is 2.05. The molecule has 5 nitrogen and oxygen atoms in total. The number of carbonyl (C=O) groups excluding carboxylic acids is 2. The molecule has 1 unspecified atom stereocenters. The van der Waals surface area contributed by atoms with Crippen LogP contribution in [-0.4, -0.2) is 38.1 Å². The second kappa shape index (κ2) is 4.81. The summed E-state index contributed by atoms with van der Waals surface area (Å²) < 4.78 is 4.76. The number of hydrogen-bond donors (Lipinski definition) is 2. The molecule has 0 rings (SSSR count). The number of esters is 1. The summed E-state index contributed by atoms with van der Waals surface area (Å²) in [6.45, 7) is 3.43. The van der Waals surface area contributed by atoms with Gasteiger partial charge in [-0.1, -0.05) is 0 Å². The molecule has 0 aliphatic carbocycles. The lowest BCUT2D eigenvalue weighted by Gasteiger charge is -2.24. The zero-order valence-corrected chi connectivity index (χ0v) is 8.43. The summed E-state index contributed by atoms with van der Waals surface area (Å²) in [4.78, 5) is 22.7. The Morgan fingerprint density at radius 3 is 2.23 bits per heavy atom. The number of nitrogens with one attached hydrogen (secondary N) is 2. The summed E-state index contributed by atoms with van der Waals surface area (Å²) in [6, 6.07) is 0. The van der Waals surface area contributed by atoms with Crippen molar-refractivity contribution in [3.05, 3.63) is 0 Å². The summed E-state index contributed by atoms with van der Waals surface area (Å²) in [5.74, 6) is -0.981. The van der Waals surface area contributed by atoms with Crippen molar-refractivity contribution in [1.82, 2.24) is 10.6 Å². The van der Waals surface area contributed by atoms with Crippen molar-refractivity contribution < 1.29 is 14.3 Å². The molecule has 0 radical (unpaired) electrons. The Hall–Kier alpha value is -1.10. The topological polar surface area (TPSA) is 67.4 Å². The minimum Gasteiger partial charge on any atom is -0.464 e. The fraction of sp³-hybridized carbons (Fsp3) is 0.750. The zero-order chi connectivity index (χ0) is 10.5. The molecule has 13 heavy (non-hydrogen) atoms. The number of carbonyl (C=O) groups is 2.